The quantitative estimate of drug-likeness (QED) is 0.904. The third kappa shape index (κ3) is 2.73. The van der Waals surface area contributed by atoms with Crippen LogP contribution in [0.5, 0.6) is 5.75 Å². The van der Waals surface area contributed by atoms with Crippen LogP contribution in [0.15, 0.2) is 18.2 Å². The molecule has 0 fully saturated rings. The van der Waals surface area contributed by atoms with Crippen LogP contribution in [-0.4, -0.2) is 25.6 Å². The molecule has 19 heavy (non-hydrogen) atoms. The van der Waals surface area contributed by atoms with E-state index in [-0.39, 0.29) is 5.91 Å². The maximum atomic E-state index is 12.5. The molecule has 4 nitrogen and oxygen atoms in total. The van der Waals surface area contributed by atoms with Gasteiger partial charge in [0, 0.05) is 6.54 Å². The van der Waals surface area contributed by atoms with Crippen LogP contribution in [0.4, 0.5) is 5.69 Å². The maximum Gasteiger partial charge on any atom is 0.244 e. The highest BCUT2D eigenvalue weighted by Crippen LogP contribution is 2.36. The van der Waals surface area contributed by atoms with Gasteiger partial charge in [-0.05, 0) is 30.9 Å². The lowest BCUT2D eigenvalue weighted by molar-refractivity contribution is -0.120. The van der Waals surface area contributed by atoms with E-state index in [0.29, 0.717) is 0 Å². The minimum atomic E-state index is -0.416. The van der Waals surface area contributed by atoms with Crippen molar-refractivity contribution < 1.29 is 9.53 Å². The van der Waals surface area contributed by atoms with Gasteiger partial charge in [-0.1, -0.05) is 25.5 Å². The largest absolute Gasteiger partial charge is 0.495 e. The second-order valence-electron chi connectivity index (χ2n) is 4.96. The van der Waals surface area contributed by atoms with Crippen molar-refractivity contribution in [3.8, 4) is 5.75 Å². The van der Waals surface area contributed by atoms with Crippen LogP contribution in [0, 0.1) is 0 Å². The number of benzene rings is 1. The molecular formula is C15H22N2O2. The van der Waals surface area contributed by atoms with Crippen LogP contribution in [0.1, 0.15) is 31.7 Å². The minimum absolute atomic E-state index is 0.00676. The topological polar surface area (TPSA) is 55.6 Å². The molecular weight excluding hydrogens is 240 g/mol. The molecule has 1 aliphatic rings. The Bertz CT molecular complexity index is 445. The van der Waals surface area contributed by atoms with Gasteiger partial charge in [-0.25, -0.2) is 0 Å². The summed E-state index contributed by atoms with van der Waals surface area (Å²) in [7, 11) is 1.64. The first-order valence-electron chi connectivity index (χ1n) is 6.91. The van der Waals surface area contributed by atoms with Gasteiger partial charge in [0.25, 0.3) is 0 Å². The number of fused-ring (bicyclic) bond motifs is 1. The molecule has 0 radical (unpaired) electrons. The first kappa shape index (κ1) is 13.9. The lowest BCUT2D eigenvalue weighted by atomic mass is 9.99. The summed E-state index contributed by atoms with van der Waals surface area (Å²) in [5.41, 5.74) is 8.05. The highest BCUT2D eigenvalue weighted by Gasteiger charge is 2.28. The van der Waals surface area contributed by atoms with Crippen LogP contribution in [-0.2, 0) is 11.2 Å². The molecule has 0 saturated heterocycles. The normalized spacial score (nSPS) is 15.8. The third-order valence-electron chi connectivity index (χ3n) is 3.58. The molecule has 0 aliphatic carbocycles. The first-order chi connectivity index (χ1) is 9.19. The molecule has 0 saturated carbocycles. The van der Waals surface area contributed by atoms with E-state index in [2.05, 4.69) is 6.07 Å². The molecule has 1 heterocycles. The summed E-state index contributed by atoms with van der Waals surface area (Å²) in [5, 5.41) is 0. The number of methoxy groups -OCH3 is 1. The van der Waals surface area contributed by atoms with E-state index >= 15 is 0 Å². The number of hydrogen-bond acceptors (Lipinski definition) is 3. The van der Waals surface area contributed by atoms with Gasteiger partial charge in [0.1, 0.15) is 5.75 Å². The summed E-state index contributed by atoms with van der Waals surface area (Å²) in [6.07, 6.45) is 3.60. The highest BCUT2D eigenvalue weighted by molar-refractivity contribution is 5.99. The Kier molecular flexibility index (Phi) is 4.43. The number of para-hydroxylation sites is 1. The fourth-order valence-electron chi connectivity index (χ4n) is 2.64. The summed E-state index contributed by atoms with van der Waals surface area (Å²) in [6, 6.07) is 5.51. The molecule has 0 aromatic heterocycles. The third-order valence-corrected chi connectivity index (χ3v) is 3.58. The summed E-state index contributed by atoms with van der Waals surface area (Å²) >= 11 is 0. The fourth-order valence-corrected chi connectivity index (χ4v) is 2.64. The SMILES string of the molecule is CCC[C@H](N)C(=O)N1CCCc2cccc(OC)c21. The summed E-state index contributed by atoms with van der Waals surface area (Å²) in [6.45, 7) is 2.77. The van der Waals surface area contributed by atoms with Crippen molar-refractivity contribution in [2.24, 2.45) is 5.73 Å². The monoisotopic (exact) mass is 262 g/mol. The van der Waals surface area contributed by atoms with E-state index in [1.54, 1.807) is 12.0 Å². The molecule has 1 aliphatic heterocycles. The average Bonchev–Trinajstić information content (AvgIpc) is 2.45. The Balaban J connectivity index is 2.33. The predicted molar refractivity (Wildman–Crippen MR) is 76.6 cm³/mol. The molecule has 104 valence electrons. The molecule has 1 aromatic carbocycles. The van der Waals surface area contributed by atoms with Crippen molar-refractivity contribution in [1.82, 2.24) is 0 Å². The second-order valence-corrected chi connectivity index (χ2v) is 4.96. The molecule has 2 rings (SSSR count). The number of aryl methyl sites for hydroxylation is 1. The van der Waals surface area contributed by atoms with Crippen LogP contribution in [0.25, 0.3) is 0 Å². The number of nitrogens with zero attached hydrogens (tertiary/aromatic N) is 1. The van der Waals surface area contributed by atoms with Gasteiger partial charge in [-0.15, -0.1) is 0 Å². The van der Waals surface area contributed by atoms with Gasteiger partial charge in [0.05, 0.1) is 18.8 Å². The predicted octanol–water partition coefficient (Wildman–Crippen LogP) is 2.10. The molecule has 0 unspecified atom stereocenters. The number of hydrogen-bond donors (Lipinski definition) is 1. The Morgan fingerprint density at radius 2 is 2.32 bits per heavy atom. The number of amides is 1. The summed E-state index contributed by atoms with van der Waals surface area (Å²) < 4.78 is 5.40. The molecule has 1 atom stereocenters. The van der Waals surface area contributed by atoms with Crippen LogP contribution >= 0.6 is 0 Å². The van der Waals surface area contributed by atoms with Crippen molar-refractivity contribution in [1.29, 1.82) is 0 Å². The number of ether oxygens (including phenoxy) is 1. The van der Waals surface area contributed by atoms with Gasteiger partial charge in [0.15, 0.2) is 0 Å². The standard InChI is InChI=1S/C15H22N2O2/c1-3-6-12(16)15(18)17-10-5-8-11-7-4-9-13(19-2)14(11)17/h4,7,9,12H,3,5-6,8,10,16H2,1-2H3/t12-/m0/s1. The van der Waals surface area contributed by atoms with Gasteiger partial charge in [-0.2, -0.15) is 0 Å². The number of rotatable bonds is 4. The van der Waals surface area contributed by atoms with Gasteiger partial charge in [0.2, 0.25) is 5.91 Å². The second kappa shape index (κ2) is 6.06. The Morgan fingerprint density at radius 1 is 1.53 bits per heavy atom. The van der Waals surface area contributed by atoms with Crippen molar-refractivity contribution in [2.75, 3.05) is 18.6 Å². The van der Waals surface area contributed by atoms with E-state index in [9.17, 15) is 4.79 Å². The van der Waals surface area contributed by atoms with Crippen LogP contribution < -0.4 is 15.4 Å². The lowest BCUT2D eigenvalue weighted by Gasteiger charge is -2.32. The molecule has 0 spiro atoms. The summed E-state index contributed by atoms with van der Waals surface area (Å²) in [4.78, 5) is 14.3. The fraction of sp³-hybridized carbons (Fsp3) is 0.533. The molecule has 1 amide bonds. The molecule has 0 bridgehead atoms. The molecule has 4 heteroatoms. The van der Waals surface area contributed by atoms with E-state index < -0.39 is 6.04 Å². The van der Waals surface area contributed by atoms with E-state index in [1.807, 2.05) is 19.1 Å². The van der Waals surface area contributed by atoms with E-state index in [1.165, 1.54) is 5.56 Å². The van der Waals surface area contributed by atoms with E-state index in [0.717, 1.165) is 43.7 Å². The minimum Gasteiger partial charge on any atom is -0.495 e. The molecule has 1 aromatic rings. The van der Waals surface area contributed by atoms with Gasteiger partial charge >= 0.3 is 0 Å². The first-order valence-corrected chi connectivity index (χ1v) is 6.91. The number of carbonyl (C=O) groups is 1. The Morgan fingerprint density at radius 3 is 3.00 bits per heavy atom. The average molecular weight is 262 g/mol. The maximum absolute atomic E-state index is 12.5. The van der Waals surface area contributed by atoms with Crippen LogP contribution in [0.2, 0.25) is 0 Å². The van der Waals surface area contributed by atoms with Crippen LogP contribution in [0.3, 0.4) is 0 Å². The Labute approximate surface area is 114 Å². The van der Waals surface area contributed by atoms with Gasteiger partial charge < -0.3 is 15.4 Å². The highest BCUT2D eigenvalue weighted by atomic mass is 16.5. The van der Waals surface area contributed by atoms with Crippen molar-refractivity contribution in [3.63, 3.8) is 0 Å². The van der Waals surface area contributed by atoms with Crippen molar-refractivity contribution >= 4 is 11.6 Å². The number of nitrogens with two attached hydrogens (primary N) is 1. The number of anilines is 1. The molecule has 2 N–H and O–H groups in total. The number of carbonyl (C=O) groups excluding carboxylic acids is 1. The van der Waals surface area contributed by atoms with Gasteiger partial charge in [-0.3, -0.25) is 4.79 Å². The smallest absolute Gasteiger partial charge is 0.244 e. The Hall–Kier alpha value is -1.55. The zero-order valence-electron chi connectivity index (χ0n) is 11.7. The van der Waals surface area contributed by atoms with Crippen molar-refractivity contribution in [3.05, 3.63) is 23.8 Å². The van der Waals surface area contributed by atoms with E-state index in [4.69, 9.17) is 10.5 Å². The zero-order valence-corrected chi connectivity index (χ0v) is 11.7. The summed E-state index contributed by atoms with van der Waals surface area (Å²) in [5.74, 6) is 0.765. The zero-order chi connectivity index (χ0) is 13.8. The lowest BCUT2D eigenvalue weighted by Crippen LogP contribution is -2.46. The van der Waals surface area contributed by atoms with Crippen molar-refractivity contribution in [2.45, 2.75) is 38.6 Å².